The second-order valence-electron chi connectivity index (χ2n) is 8.59. The number of aromatic nitrogens is 1. The van der Waals surface area contributed by atoms with Crippen LogP contribution in [0.3, 0.4) is 0 Å². The first-order valence-corrected chi connectivity index (χ1v) is 10.6. The monoisotopic (exact) mass is 361 g/mol. The van der Waals surface area contributed by atoms with E-state index in [0.717, 1.165) is 25.2 Å². The minimum absolute atomic E-state index is 0.0396. The molecule has 3 rings (SSSR count). The molecule has 2 atom stereocenters. The topological polar surface area (TPSA) is 51.3 Å². The van der Waals surface area contributed by atoms with Gasteiger partial charge in [-0.05, 0) is 62.5 Å². The molecule has 1 aromatic rings. The van der Waals surface area contributed by atoms with Crippen LogP contribution in [-0.4, -0.2) is 23.7 Å². The summed E-state index contributed by atoms with van der Waals surface area (Å²) in [6, 6.07) is 4.33. The van der Waals surface area contributed by atoms with Gasteiger partial charge in [-0.15, -0.1) is 0 Å². The molecule has 2 heterocycles. The van der Waals surface area contributed by atoms with Crippen LogP contribution in [0.15, 0.2) is 12.1 Å². The van der Waals surface area contributed by atoms with Crippen LogP contribution in [0.1, 0.15) is 89.1 Å². The number of carbonyl (C=O) groups is 1. The third kappa shape index (κ3) is 5.87. The number of nitrogens with one attached hydrogen (secondary N) is 1. The van der Waals surface area contributed by atoms with Gasteiger partial charge in [-0.2, -0.15) is 0 Å². The van der Waals surface area contributed by atoms with Crippen molar-refractivity contribution < 1.29 is 14.3 Å². The highest BCUT2D eigenvalue weighted by atomic mass is 16.6. The van der Waals surface area contributed by atoms with E-state index in [1.54, 1.807) is 0 Å². The minimum atomic E-state index is -0.0419. The molecule has 4 nitrogen and oxygen atoms in total. The second kappa shape index (κ2) is 9.59. The Balaban J connectivity index is 1.37. The van der Waals surface area contributed by atoms with Crippen molar-refractivity contribution in [2.24, 2.45) is 11.8 Å². The third-order valence-electron chi connectivity index (χ3n) is 5.82. The van der Waals surface area contributed by atoms with Crippen molar-refractivity contribution in [2.45, 2.75) is 90.3 Å². The van der Waals surface area contributed by atoms with Crippen LogP contribution in [0.5, 0.6) is 0 Å². The lowest BCUT2D eigenvalue weighted by Crippen LogP contribution is -2.20. The summed E-state index contributed by atoms with van der Waals surface area (Å²) < 4.78 is 11.6. The van der Waals surface area contributed by atoms with Gasteiger partial charge < -0.3 is 14.5 Å². The molecule has 0 aromatic carbocycles. The van der Waals surface area contributed by atoms with Crippen molar-refractivity contribution in [1.82, 2.24) is 4.98 Å². The lowest BCUT2D eigenvalue weighted by molar-refractivity contribution is -0.149. The van der Waals surface area contributed by atoms with E-state index < -0.39 is 0 Å². The van der Waals surface area contributed by atoms with Gasteiger partial charge in [-0.25, -0.2) is 0 Å². The van der Waals surface area contributed by atoms with E-state index in [0.29, 0.717) is 18.9 Å². The average molecular weight is 362 g/mol. The van der Waals surface area contributed by atoms with Gasteiger partial charge in [0.1, 0.15) is 6.61 Å². The molecule has 0 spiro atoms. The van der Waals surface area contributed by atoms with Crippen molar-refractivity contribution in [2.75, 3.05) is 6.61 Å². The average Bonchev–Trinajstić information content (AvgIpc) is 3.28. The van der Waals surface area contributed by atoms with E-state index >= 15 is 0 Å². The quantitative estimate of drug-likeness (QED) is 0.636. The number of carbonyl (C=O) groups excluding carboxylic acids is 1. The molecule has 0 bridgehead atoms. The number of H-pyrrole nitrogens is 1. The fraction of sp³-hybridized carbons (Fsp3) is 0.773. The zero-order valence-electron chi connectivity index (χ0n) is 16.5. The molecule has 1 N–H and O–H groups in total. The van der Waals surface area contributed by atoms with Crippen molar-refractivity contribution in [3.63, 3.8) is 0 Å². The molecule has 4 heteroatoms. The summed E-state index contributed by atoms with van der Waals surface area (Å²) in [7, 11) is 0. The number of rotatable bonds is 8. The van der Waals surface area contributed by atoms with Crippen LogP contribution in [0, 0.1) is 11.8 Å². The fourth-order valence-electron chi connectivity index (χ4n) is 4.17. The van der Waals surface area contributed by atoms with Crippen molar-refractivity contribution in [1.29, 1.82) is 0 Å². The summed E-state index contributed by atoms with van der Waals surface area (Å²) in [5, 5.41) is 0. The first-order chi connectivity index (χ1) is 12.6. The summed E-state index contributed by atoms with van der Waals surface area (Å²) in [4.78, 5) is 15.6. The molecule has 1 saturated carbocycles. The Kier molecular flexibility index (Phi) is 7.18. The Hall–Kier alpha value is -1.29. The number of esters is 1. The van der Waals surface area contributed by atoms with Crippen LogP contribution in [0.2, 0.25) is 0 Å². The molecule has 2 fully saturated rings. The largest absolute Gasteiger partial charge is 0.463 e. The molecule has 2 unspecified atom stereocenters. The highest BCUT2D eigenvalue weighted by molar-refractivity contribution is 5.69. The number of hydrogen-bond acceptors (Lipinski definition) is 3. The Morgan fingerprint density at radius 3 is 2.77 bits per heavy atom. The van der Waals surface area contributed by atoms with Crippen LogP contribution in [0.4, 0.5) is 0 Å². The zero-order valence-corrected chi connectivity index (χ0v) is 16.5. The predicted octanol–water partition coefficient (Wildman–Crippen LogP) is 5.34. The van der Waals surface area contributed by atoms with E-state index in [9.17, 15) is 4.79 Å². The molecule has 2 aliphatic rings. The first-order valence-electron chi connectivity index (χ1n) is 10.6. The van der Waals surface area contributed by atoms with E-state index in [2.05, 4.69) is 31.0 Å². The molecule has 1 aliphatic carbocycles. The number of ether oxygens (including phenoxy) is 2. The predicted molar refractivity (Wildman–Crippen MR) is 103 cm³/mol. The Bertz CT molecular complexity index is 559. The summed E-state index contributed by atoms with van der Waals surface area (Å²) >= 11 is 0. The van der Waals surface area contributed by atoms with E-state index in [4.69, 9.17) is 9.47 Å². The summed E-state index contributed by atoms with van der Waals surface area (Å²) in [6.45, 7) is 4.91. The van der Waals surface area contributed by atoms with Crippen LogP contribution in [0.25, 0.3) is 0 Å². The van der Waals surface area contributed by atoms with Gasteiger partial charge in [0.25, 0.3) is 0 Å². The maximum Gasteiger partial charge on any atom is 0.306 e. The normalized spacial score (nSPS) is 24.3. The molecule has 1 aliphatic heterocycles. The molecular weight excluding hydrogens is 326 g/mol. The summed E-state index contributed by atoms with van der Waals surface area (Å²) in [5.74, 6) is 1.22. The summed E-state index contributed by atoms with van der Waals surface area (Å²) in [5.41, 5.74) is 2.46. The first kappa shape index (κ1) is 19.5. The van der Waals surface area contributed by atoms with Crippen molar-refractivity contribution >= 4 is 5.97 Å². The van der Waals surface area contributed by atoms with Gasteiger partial charge in [0.2, 0.25) is 0 Å². The lowest BCUT2D eigenvalue weighted by Gasteiger charge is -2.21. The Morgan fingerprint density at radius 2 is 2.00 bits per heavy atom. The molecule has 1 saturated heterocycles. The Labute approximate surface area is 158 Å². The van der Waals surface area contributed by atoms with E-state index in [1.165, 1.54) is 49.9 Å². The maximum absolute atomic E-state index is 12.1. The van der Waals surface area contributed by atoms with E-state index in [-0.39, 0.29) is 18.2 Å². The van der Waals surface area contributed by atoms with Crippen molar-refractivity contribution in [3.8, 4) is 0 Å². The molecule has 26 heavy (non-hydrogen) atoms. The van der Waals surface area contributed by atoms with Gasteiger partial charge in [0.15, 0.2) is 0 Å². The third-order valence-corrected chi connectivity index (χ3v) is 5.82. The number of aryl methyl sites for hydroxylation is 1. The van der Waals surface area contributed by atoms with Crippen LogP contribution in [-0.2, 0) is 20.7 Å². The smallest absolute Gasteiger partial charge is 0.306 e. The van der Waals surface area contributed by atoms with Gasteiger partial charge in [0.05, 0.1) is 12.2 Å². The molecule has 146 valence electrons. The number of hydrogen-bond donors (Lipinski definition) is 1. The SMILES string of the molecule is CC(C)CCc1ccc(C2CCC(COC(=O)CC3CCCCC3)O2)[nH]1. The van der Waals surface area contributed by atoms with Crippen LogP contribution < -0.4 is 0 Å². The highest BCUT2D eigenvalue weighted by Crippen LogP contribution is 2.33. The lowest BCUT2D eigenvalue weighted by atomic mass is 9.87. The Morgan fingerprint density at radius 1 is 1.19 bits per heavy atom. The maximum atomic E-state index is 12.1. The molecular formula is C22H35NO3. The fourth-order valence-corrected chi connectivity index (χ4v) is 4.17. The van der Waals surface area contributed by atoms with Gasteiger partial charge in [0, 0.05) is 17.8 Å². The summed E-state index contributed by atoms with van der Waals surface area (Å²) in [6.07, 6.45) is 11.2. The van der Waals surface area contributed by atoms with Crippen molar-refractivity contribution in [3.05, 3.63) is 23.5 Å². The highest BCUT2D eigenvalue weighted by Gasteiger charge is 2.28. The van der Waals surface area contributed by atoms with E-state index in [1.807, 2.05) is 0 Å². The van der Waals surface area contributed by atoms with Crippen LogP contribution >= 0.6 is 0 Å². The van der Waals surface area contributed by atoms with Gasteiger partial charge >= 0.3 is 5.97 Å². The molecule has 1 aromatic heterocycles. The molecule has 0 radical (unpaired) electrons. The van der Waals surface area contributed by atoms with Gasteiger partial charge in [-0.3, -0.25) is 4.79 Å². The second-order valence-corrected chi connectivity index (χ2v) is 8.59. The minimum Gasteiger partial charge on any atom is -0.463 e. The zero-order chi connectivity index (χ0) is 18.4. The standard InChI is InChI=1S/C22H35NO3/c1-16(2)8-9-18-10-12-20(23-18)21-13-11-19(26-21)15-25-22(24)14-17-6-4-3-5-7-17/h10,12,16-17,19,21,23H,3-9,11,13-15H2,1-2H3. The molecule has 0 amide bonds. The number of aromatic amines is 1. The van der Waals surface area contributed by atoms with Gasteiger partial charge in [-0.1, -0.05) is 33.1 Å².